The molecule has 0 saturated heterocycles. The summed E-state index contributed by atoms with van der Waals surface area (Å²) in [5.41, 5.74) is 0. The Morgan fingerprint density at radius 1 is 0.345 bits per heavy atom. The molecule has 29 heavy (non-hydrogen) atoms. The van der Waals surface area contributed by atoms with E-state index in [9.17, 15) is 20.4 Å². The van der Waals surface area contributed by atoms with Crippen LogP contribution < -0.4 is 20.4 Å². The van der Waals surface area contributed by atoms with Crippen LogP contribution >= 0.6 is 0 Å². The van der Waals surface area contributed by atoms with Crippen LogP contribution in [0.1, 0.15) is 107 Å². The summed E-state index contributed by atoms with van der Waals surface area (Å²) < 4.78 is 0. The zero-order valence-corrected chi connectivity index (χ0v) is 23.4. The van der Waals surface area contributed by atoms with Crippen LogP contribution in [-0.2, 0) is 26.2 Å². The van der Waals surface area contributed by atoms with Gasteiger partial charge in [-0.2, -0.15) is 0 Å². The van der Waals surface area contributed by atoms with Crippen molar-refractivity contribution in [3.8, 4) is 0 Å². The maximum absolute atomic E-state index is 10.1. The molecule has 0 fully saturated rings. The van der Waals surface area contributed by atoms with Crippen molar-refractivity contribution in [1.82, 2.24) is 0 Å². The molecule has 5 heteroatoms. The van der Waals surface area contributed by atoms with Crippen molar-refractivity contribution >= 4 is 0 Å². The van der Waals surface area contributed by atoms with Gasteiger partial charge in [-0.1, -0.05) is 130 Å². The third-order valence-electron chi connectivity index (χ3n) is 5.56. The van der Waals surface area contributed by atoms with Gasteiger partial charge in [0.25, 0.3) is 0 Å². The number of hydrogen-bond acceptors (Lipinski definition) is 4. The van der Waals surface area contributed by atoms with Crippen molar-refractivity contribution in [2.75, 3.05) is 26.4 Å². The Morgan fingerprint density at radius 2 is 0.448 bits per heavy atom. The predicted molar refractivity (Wildman–Crippen MR) is 116 cm³/mol. The molecule has 0 N–H and O–H groups in total. The molecule has 0 aliphatic heterocycles. The van der Waals surface area contributed by atoms with Crippen LogP contribution in [0.25, 0.3) is 0 Å². The van der Waals surface area contributed by atoms with Gasteiger partial charge in [0.05, 0.1) is 0 Å². The first kappa shape index (κ1) is 40.1. The van der Waals surface area contributed by atoms with Crippen molar-refractivity contribution in [2.45, 2.75) is 107 Å². The summed E-state index contributed by atoms with van der Waals surface area (Å²) in [5.74, 6) is 1.72. The van der Waals surface area contributed by atoms with Crippen molar-refractivity contribution in [3.05, 3.63) is 0 Å². The second-order valence-corrected chi connectivity index (χ2v) is 7.40. The molecule has 0 heterocycles. The Morgan fingerprint density at radius 3 is 0.448 bits per heavy atom. The number of rotatable bonds is 12. The van der Waals surface area contributed by atoms with Gasteiger partial charge in [-0.3, -0.25) is 0 Å². The summed E-state index contributed by atoms with van der Waals surface area (Å²) in [6, 6.07) is 0. The second kappa shape index (κ2) is 36.1. The van der Waals surface area contributed by atoms with Gasteiger partial charge in [0.15, 0.2) is 0 Å². The molecule has 0 saturated carbocycles. The molecule has 0 aromatic carbocycles. The molecule has 0 unspecified atom stereocenters. The maximum atomic E-state index is 10.1. The van der Waals surface area contributed by atoms with E-state index in [4.69, 9.17) is 0 Å². The Kier molecular flexibility index (Phi) is 50.0. The Bertz CT molecular complexity index is 157. The van der Waals surface area contributed by atoms with E-state index in [2.05, 4.69) is 55.4 Å². The van der Waals surface area contributed by atoms with E-state index >= 15 is 0 Å². The van der Waals surface area contributed by atoms with Crippen molar-refractivity contribution in [1.29, 1.82) is 0 Å². The average molecular weight is 496 g/mol. The Hall–Kier alpha value is 0.723. The van der Waals surface area contributed by atoms with Gasteiger partial charge in [0, 0.05) is 0 Å². The summed E-state index contributed by atoms with van der Waals surface area (Å²) in [5, 5.41) is 40.4. The molecular weight excluding hydrogens is 443 g/mol. The maximum Gasteiger partial charge on any atom is 4.00 e. The fourth-order valence-electron chi connectivity index (χ4n) is 2.10. The van der Waals surface area contributed by atoms with Crippen molar-refractivity contribution < 1.29 is 46.6 Å². The zero-order chi connectivity index (χ0) is 22.8. The first-order valence-electron chi connectivity index (χ1n) is 11.7. The van der Waals surface area contributed by atoms with E-state index in [-0.39, 0.29) is 52.6 Å². The zero-order valence-electron chi connectivity index (χ0n) is 20.9. The van der Waals surface area contributed by atoms with Crippen LogP contribution in [-0.4, -0.2) is 26.4 Å². The first-order chi connectivity index (χ1) is 13.4. The molecule has 4 nitrogen and oxygen atoms in total. The second-order valence-electron chi connectivity index (χ2n) is 7.40. The molecule has 176 valence electrons. The van der Waals surface area contributed by atoms with Crippen LogP contribution in [0.2, 0.25) is 0 Å². The molecule has 0 amide bonds. The van der Waals surface area contributed by atoms with Crippen LogP contribution in [0.3, 0.4) is 0 Å². The summed E-state index contributed by atoms with van der Waals surface area (Å²) in [6.07, 6.45) is 8.33. The molecule has 0 rings (SSSR count). The summed E-state index contributed by atoms with van der Waals surface area (Å²) in [6.45, 7) is 16.9. The van der Waals surface area contributed by atoms with Gasteiger partial charge in [0.2, 0.25) is 0 Å². The topological polar surface area (TPSA) is 92.2 Å². The molecule has 0 aliphatic rings. The standard InChI is InChI=1S/4C6H13O.Zr/c4*1-3-6(4-2)5-7;/h4*6H,3-5H2,1-2H3;/q4*-1;+4. The minimum atomic E-state index is 0. The van der Waals surface area contributed by atoms with E-state index < -0.39 is 0 Å². The fraction of sp³-hybridized carbons (Fsp3) is 1.00. The first-order valence-corrected chi connectivity index (χ1v) is 11.7. The quantitative estimate of drug-likeness (QED) is 0.416. The third-order valence-corrected chi connectivity index (χ3v) is 5.56. The summed E-state index contributed by atoms with van der Waals surface area (Å²) >= 11 is 0. The van der Waals surface area contributed by atoms with Crippen molar-refractivity contribution in [2.24, 2.45) is 23.7 Å². The SMILES string of the molecule is CCC(CC)C[O-].CCC(CC)C[O-].CCC(CC)C[O-].CCC(CC)C[O-].[Zr+4]. The van der Waals surface area contributed by atoms with Crippen LogP contribution in [0.15, 0.2) is 0 Å². The minimum Gasteiger partial charge on any atom is -0.854 e. The van der Waals surface area contributed by atoms with Crippen LogP contribution in [0.5, 0.6) is 0 Å². The molecule has 0 atom stereocenters. The monoisotopic (exact) mass is 494 g/mol. The minimum absolute atomic E-state index is 0. The largest absolute Gasteiger partial charge is 4.00 e. The Labute approximate surface area is 203 Å². The third kappa shape index (κ3) is 33.6. The van der Waals surface area contributed by atoms with Crippen LogP contribution in [0, 0.1) is 23.7 Å². The molecular formula is C24H52O4Zr. The molecule has 0 aromatic heterocycles. The van der Waals surface area contributed by atoms with Crippen LogP contribution in [0.4, 0.5) is 0 Å². The van der Waals surface area contributed by atoms with E-state index in [1.807, 2.05) is 0 Å². The van der Waals surface area contributed by atoms with Gasteiger partial charge in [-0.15, -0.1) is 26.4 Å². The number of hydrogen-bond donors (Lipinski definition) is 0. The van der Waals surface area contributed by atoms with E-state index in [0.717, 1.165) is 51.4 Å². The molecule has 0 bridgehead atoms. The van der Waals surface area contributed by atoms with Crippen molar-refractivity contribution in [3.63, 3.8) is 0 Å². The van der Waals surface area contributed by atoms with Gasteiger partial charge in [-0.25, -0.2) is 0 Å². The van der Waals surface area contributed by atoms with Gasteiger partial charge >= 0.3 is 26.2 Å². The predicted octanol–water partition coefficient (Wildman–Crippen LogP) is 3.13. The molecule has 0 aromatic rings. The Balaban J connectivity index is -0.0000000873. The normalized spacial score (nSPS) is 9.93. The molecule has 0 radical (unpaired) electrons. The molecule has 0 spiro atoms. The summed E-state index contributed by atoms with van der Waals surface area (Å²) in [4.78, 5) is 0. The van der Waals surface area contributed by atoms with E-state index in [1.54, 1.807) is 0 Å². The summed E-state index contributed by atoms with van der Waals surface area (Å²) in [7, 11) is 0. The van der Waals surface area contributed by atoms with Gasteiger partial charge < -0.3 is 20.4 Å². The smallest absolute Gasteiger partial charge is 0.854 e. The van der Waals surface area contributed by atoms with Gasteiger partial charge in [0.1, 0.15) is 0 Å². The van der Waals surface area contributed by atoms with Gasteiger partial charge in [-0.05, 0) is 0 Å². The van der Waals surface area contributed by atoms with E-state index in [0.29, 0.717) is 23.7 Å². The average Bonchev–Trinajstić information content (AvgIpc) is 2.75. The van der Waals surface area contributed by atoms with E-state index in [1.165, 1.54) is 0 Å². The molecule has 0 aliphatic carbocycles. The fourth-order valence-corrected chi connectivity index (χ4v) is 2.10.